The van der Waals surface area contributed by atoms with Crippen molar-refractivity contribution in [1.82, 2.24) is 9.88 Å². The van der Waals surface area contributed by atoms with Gasteiger partial charge < -0.3 is 10.0 Å². The van der Waals surface area contributed by atoms with Crippen LogP contribution in [0.4, 0.5) is 0 Å². The molecule has 0 atom stereocenters. The van der Waals surface area contributed by atoms with Gasteiger partial charge in [-0.2, -0.15) is 0 Å². The minimum atomic E-state index is -0.0496. The molecular formula is C16H25BrN2O2. The Kier molecular flexibility index (Phi) is 9.26. The average Bonchev–Trinajstić information content (AvgIpc) is 2.50. The largest absolute Gasteiger partial charge is 0.396 e. The molecule has 1 aromatic heterocycles. The highest BCUT2D eigenvalue weighted by Gasteiger charge is 2.16. The van der Waals surface area contributed by atoms with Gasteiger partial charge in [0, 0.05) is 30.4 Å². The van der Waals surface area contributed by atoms with Crippen molar-refractivity contribution in [3.05, 3.63) is 28.5 Å². The van der Waals surface area contributed by atoms with Crippen LogP contribution >= 0.6 is 15.9 Å². The maximum Gasteiger partial charge on any atom is 0.272 e. The Balaban J connectivity index is 2.54. The maximum absolute atomic E-state index is 12.4. The van der Waals surface area contributed by atoms with E-state index in [4.69, 9.17) is 5.11 Å². The van der Waals surface area contributed by atoms with Gasteiger partial charge >= 0.3 is 0 Å². The minimum Gasteiger partial charge on any atom is -0.396 e. The Bertz CT molecular complexity index is 409. The summed E-state index contributed by atoms with van der Waals surface area (Å²) >= 11 is 3.32. The monoisotopic (exact) mass is 356 g/mol. The third-order valence-corrected chi connectivity index (χ3v) is 3.82. The summed E-state index contributed by atoms with van der Waals surface area (Å²) in [6.45, 7) is 3.62. The molecule has 0 aliphatic carbocycles. The summed E-state index contributed by atoms with van der Waals surface area (Å²) in [6, 6.07) is 3.56. The second kappa shape index (κ2) is 10.7. The molecule has 4 nitrogen and oxygen atoms in total. The summed E-state index contributed by atoms with van der Waals surface area (Å²) in [7, 11) is 0. The standard InChI is InChI=1S/C16H25BrN2O2/c1-2-3-4-5-6-10-19(11-7-12-20)16(21)15-9-8-14(17)13-18-15/h8-9,13,20H,2-7,10-12H2,1H3. The number of halogens is 1. The first-order chi connectivity index (χ1) is 10.2. The van der Waals surface area contributed by atoms with Gasteiger partial charge in [0.25, 0.3) is 5.91 Å². The van der Waals surface area contributed by atoms with Crippen molar-refractivity contribution in [2.45, 2.75) is 45.4 Å². The van der Waals surface area contributed by atoms with E-state index < -0.39 is 0 Å². The lowest BCUT2D eigenvalue weighted by atomic mass is 10.1. The number of hydrogen-bond acceptors (Lipinski definition) is 3. The Hall–Kier alpha value is -0.940. The lowest BCUT2D eigenvalue weighted by Gasteiger charge is -2.22. The van der Waals surface area contributed by atoms with Gasteiger partial charge in [0.2, 0.25) is 0 Å². The van der Waals surface area contributed by atoms with Gasteiger partial charge in [0.15, 0.2) is 0 Å². The van der Waals surface area contributed by atoms with Gasteiger partial charge in [0.05, 0.1) is 0 Å². The molecular weight excluding hydrogens is 332 g/mol. The molecule has 21 heavy (non-hydrogen) atoms. The zero-order valence-electron chi connectivity index (χ0n) is 12.7. The number of aliphatic hydroxyl groups is 1. The SMILES string of the molecule is CCCCCCCN(CCCO)C(=O)c1ccc(Br)cn1. The Labute approximate surface area is 135 Å². The summed E-state index contributed by atoms with van der Waals surface area (Å²) in [5.41, 5.74) is 0.463. The predicted octanol–water partition coefficient (Wildman–Crippen LogP) is 3.64. The van der Waals surface area contributed by atoms with E-state index in [2.05, 4.69) is 27.8 Å². The highest BCUT2D eigenvalue weighted by Crippen LogP contribution is 2.11. The number of aliphatic hydroxyl groups excluding tert-OH is 1. The maximum atomic E-state index is 12.4. The van der Waals surface area contributed by atoms with Gasteiger partial charge in [0.1, 0.15) is 5.69 Å². The van der Waals surface area contributed by atoms with Crippen LogP contribution < -0.4 is 0 Å². The summed E-state index contributed by atoms with van der Waals surface area (Å²) in [5, 5.41) is 8.99. The molecule has 0 aliphatic heterocycles. The van der Waals surface area contributed by atoms with Crippen molar-refractivity contribution in [2.24, 2.45) is 0 Å². The number of amides is 1. The van der Waals surface area contributed by atoms with Crippen LogP contribution in [0.2, 0.25) is 0 Å². The fourth-order valence-corrected chi connectivity index (χ4v) is 2.38. The van der Waals surface area contributed by atoms with E-state index in [0.717, 1.165) is 23.9 Å². The van der Waals surface area contributed by atoms with Crippen LogP contribution in [-0.2, 0) is 0 Å². The van der Waals surface area contributed by atoms with Crippen LogP contribution in [0.1, 0.15) is 55.9 Å². The number of pyridine rings is 1. The third-order valence-electron chi connectivity index (χ3n) is 3.35. The molecule has 0 fully saturated rings. The molecule has 0 aromatic carbocycles. The fraction of sp³-hybridized carbons (Fsp3) is 0.625. The zero-order chi connectivity index (χ0) is 15.5. The predicted molar refractivity (Wildman–Crippen MR) is 88.3 cm³/mol. The number of carbonyl (C=O) groups is 1. The quantitative estimate of drug-likeness (QED) is 0.651. The second-order valence-electron chi connectivity index (χ2n) is 5.15. The topological polar surface area (TPSA) is 53.4 Å². The number of hydrogen-bond donors (Lipinski definition) is 1. The van der Waals surface area contributed by atoms with Crippen molar-refractivity contribution < 1.29 is 9.90 Å². The van der Waals surface area contributed by atoms with Crippen LogP contribution in [0.25, 0.3) is 0 Å². The van der Waals surface area contributed by atoms with E-state index in [1.165, 1.54) is 19.3 Å². The smallest absolute Gasteiger partial charge is 0.272 e. The van der Waals surface area contributed by atoms with Gasteiger partial charge in [-0.15, -0.1) is 0 Å². The first-order valence-corrected chi connectivity index (χ1v) is 8.50. The molecule has 1 heterocycles. The number of nitrogens with zero attached hydrogens (tertiary/aromatic N) is 2. The van der Waals surface area contributed by atoms with Gasteiger partial charge in [-0.05, 0) is 40.9 Å². The van der Waals surface area contributed by atoms with Gasteiger partial charge in [-0.3, -0.25) is 4.79 Å². The van der Waals surface area contributed by atoms with Crippen LogP contribution in [0.5, 0.6) is 0 Å². The number of aromatic nitrogens is 1. The van der Waals surface area contributed by atoms with Crippen LogP contribution in [0, 0.1) is 0 Å². The third kappa shape index (κ3) is 7.05. The van der Waals surface area contributed by atoms with Crippen molar-refractivity contribution in [1.29, 1.82) is 0 Å². The Morgan fingerprint density at radius 3 is 2.52 bits per heavy atom. The van der Waals surface area contributed by atoms with Crippen molar-refractivity contribution in [2.75, 3.05) is 19.7 Å². The van der Waals surface area contributed by atoms with E-state index in [1.807, 2.05) is 6.07 Å². The molecule has 1 N–H and O–H groups in total. The van der Waals surface area contributed by atoms with Crippen molar-refractivity contribution >= 4 is 21.8 Å². The molecule has 0 saturated heterocycles. The van der Waals surface area contributed by atoms with E-state index in [-0.39, 0.29) is 12.5 Å². The van der Waals surface area contributed by atoms with E-state index in [1.54, 1.807) is 17.2 Å². The normalized spacial score (nSPS) is 10.6. The first-order valence-electron chi connectivity index (χ1n) is 7.70. The molecule has 5 heteroatoms. The van der Waals surface area contributed by atoms with E-state index >= 15 is 0 Å². The van der Waals surface area contributed by atoms with Crippen LogP contribution in [-0.4, -0.2) is 40.6 Å². The van der Waals surface area contributed by atoms with Crippen molar-refractivity contribution in [3.63, 3.8) is 0 Å². The zero-order valence-corrected chi connectivity index (χ0v) is 14.3. The summed E-state index contributed by atoms with van der Waals surface area (Å²) in [5.74, 6) is -0.0496. The highest BCUT2D eigenvalue weighted by atomic mass is 79.9. The highest BCUT2D eigenvalue weighted by molar-refractivity contribution is 9.10. The molecule has 0 bridgehead atoms. The Morgan fingerprint density at radius 1 is 1.19 bits per heavy atom. The summed E-state index contributed by atoms with van der Waals surface area (Å²) < 4.78 is 0.862. The molecule has 0 unspecified atom stereocenters. The lowest BCUT2D eigenvalue weighted by Crippen LogP contribution is -2.34. The van der Waals surface area contributed by atoms with E-state index in [0.29, 0.717) is 18.7 Å². The summed E-state index contributed by atoms with van der Waals surface area (Å²) in [6.07, 6.45) is 8.08. The Morgan fingerprint density at radius 2 is 1.90 bits per heavy atom. The molecule has 118 valence electrons. The van der Waals surface area contributed by atoms with E-state index in [9.17, 15) is 4.79 Å². The van der Waals surface area contributed by atoms with Gasteiger partial charge in [-0.1, -0.05) is 32.6 Å². The minimum absolute atomic E-state index is 0.0496. The number of carbonyl (C=O) groups excluding carboxylic acids is 1. The van der Waals surface area contributed by atoms with Gasteiger partial charge in [-0.25, -0.2) is 4.98 Å². The van der Waals surface area contributed by atoms with Crippen molar-refractivity contribution in [3.8, 4) is 0 Å². The number of rotatable bonds is 10. The molecule has 0 radical (unpaired) electrons. The molecule has 0 saturated carbocycles. The molecule has 1 amide bonds. The molecule has 0 aliphatic rings. The first kappa shape index (κ1) is 18.1. The number of unbranched alkanes of at least 4 members (excludes halogenated alkanes) is 4. The van der Waals surface area contributed by atoms with Crippen LogP contribution in [0.15, 0.2) is 22.8 Å². The van der Waals surface area contributed by atoms with Crippen LogP contribution in [0.3, 0.4) is 0 Å². The molecule has 1 rings (SSSR count). The molecule has 1 aromatic rings. The molecule has 0 spiro atoms. The lowest BCUT2D eigenvalue weighted by molar-refractivity contribution is 0.0735. The fourth-order valence-electron chi connectivity index (χ4n) is 2.15. The average molecular weight is 357 g/mol. The summed E-state index contributed by atoms with van der Waals surface area (Å²) in [4.78, 5) is 18.4. The second-order valence-corrected chi connectivity index (χ2v) is 6.06.